The van der Waals surface area contributed by atoms with Gasteiger partial charge in [0, 0.05) is 19.3 Å². The quantitative estimate of drug-likeness (QED) is 0.629. The third-order valence-electron chi connectivity index (χ3n) is 3.85. The number of aromatic nitrogens is 1. The van der Waals surface area contributed by atoms with E-state index in [-0.39, 0.29) is 6.10 Å². The lowest BCUT2D eigenvalue weighted by Gasteiger charge is -2.37. The van der Waals surface area contributed by atoms with E-state index in [0.717, 1.165) is 35.2 Å². The third kappa shape index (κ3) is 3.73. The topological polar surface area (TPSA) is 36.4 Å². The van der Waals surface area contributed by atoms with Crippen LogP contribution in [-0.4, -0.2) is 29.3 Å². The summed E-state index contributed by atoms with van der Waals surface area (Å²) in [5.41, 5.74) is 1.16. The molecule has 19 heavy (non-hydrogen) atoms. The fourth-order valence-electron chi connectivity index (χ4n) is 2.67. The van der Waals surface area contributed by atoms with Gasteiger partial charge in [-0.1, -0.05) is 25.4 Å². The number of piperidine rings is 1. The average Bonchev–Trinajstić information content (AvgIpc) is 2.41. The molecule has 1 saturated heterocycles. The van der Waals surface area contributed by atoms with Crippen molar-refractivity contribution in [2.45, 2.75) is 32.8 Å². The van der Waals surface area contributed by atoms with Gasteiger partial charge in [0.15, 0.2) is 0 Å². The molecule has 1 N–H and O–H groups in total. The van der Waals surface area contributed by atoms with Gasteiger partial charge in [-0.2, -0.15) is 0 Å². The molecule has 0 radical (unpaired) electrons. The van der Waals surface area contributed by atoms with E-state index >= 15 is 0 Å². The summed E-state index contributed by atoms with van der Waals surface area (Å²) in [5.74, 6) is 0.762. The van der Waals surface area contributed by atoms with Crippen LogP contribution in [0.5, 0.6) is 0 Å². The zero-order valence-corrected chi connectivity index (χ0v) is 14.2. The lowest BCUT2D eigenvalue weighted by molar-refractivity contribution is 0.0526. The number of hydrogen-bond donors (Lipinski definition) is 1. The van der Waals surface area contributed by atoms with Crippen molar-refractivity contribution >= 4 is 39.9 Å². The molecule has 0 saturated carbocycles. The lowest BCUT2D eigenvalue weighted by atomic mass is 9.85. The monoisotopic (exact) mass is 394 g/mol. The van der Waals surface area contributed by atoms with E-state index < -0.39 is 0 Å². The largest absolute Gasteiger partial charge is 0.393 e. The Morgan fingerprint density at radius 2 is 2.05 bits per heavy atom. The number of hydrogen-bond acceptors (Lipinski definition) is 3. The number of anilines is 1. The number of pyridine rings is 1. The van der Waals surface area contributed by atoms with Gasteiger partial charge >= 0.3 is 0 Å². The molecule has 1 aliphatic heterocycles. The molecule has 106 valence electrons. The van der Waals surface area contributed by atoms with Crippen LogP contribution in [0.1, 0.15) is 26.7 Å². The minimum atomic E-state index is -0.178. The summed E-state index contributed by atoms with van der Waals surface area (Å²) in [5, 5.41) is 10.7. The summed E-state index contributed by atoms with van der Waals surface area (Å²) >= 11 is 8.27. The molecular formula is C14H20ClIN2O. The maximum atomic E-state index is 10.2. The Morgan fingerprint density at radius 3 is 2.63 bits per heavy atom. The molecule has 1 unspecified atom stereocenters. The van der Waals surface area contributed by atoms with Gasteiger partial charge in [0.2, 0.25) is 0 Å². The predicted molar refractivity (Wildman–Crippen MR) is 87.7 cm³/mol. The first-order chi connectivity index (χ1) is 8.99. The average molecular weight is 395 g/mol. The Labute approximate surface area is 133 Å². The predicted octanol–water partition coefficient (Wildman–Crippen LogP) is 3.57. The fourth-order valence-corrected chi connectivity index (χ4v) is 3.46. The summed E-state index contributed by atoms with van der Waals surface area (Å²) < 4.78 is 1.13. The summed E-state index contributed by atoms with van der Waals surface area (Å²) in [4.78, 5) is 6.44. The standard InChI is InChI=1S/C14H20ClIN2O/c1-9(2)14(19)10-3-5-18(6-4-10)12-7-13(15)17-8-11(12)16/h7-10,14,19H,3-6H2,1-2H3. The molecule has 1 aliphatic rings. The zero-order chi connectivity index (χ0) is 14.0. The SMILES string of the molecule is CC(C)C(O)C1CCN(c2cc(Cl)ncc2I)CC1. The Kier molecular flexibility index (Phi) is 5.31. The maximum Gasteiger partial charge on any atom is 0.131 e. The van der Waals surface area contributed by atoms with E-state index in [4.69, 9.17) is 11.6 Å². The number of halogens is 2. The van der Waals surface area contributed by atoms with Crippen molar-refractivity contribution in [3.05, 3.63) is 21.0 Å². The smallest absolute Gasteiger partial charge is 0.131 e. The van der Waals surface area contributed by atoms with Crippen LogP contribution in [0.2, 0.25) is 5.15 Å². The van der Waals surface area contributed by atoms with E-state index in [1.165, 1.54) is 0 Å². The second kappa shape index (κ2) is 6.59. The Hall–Kier alpha value is -0.0700. The molecule has 0 aromatic carbocycles. The number of aliphatic hydroxyl groups is 1. The summed E-state index contributed by atoms with van der Waals surface area (Å²) in [6, 6.07) is 1.93. The minimum absolute atomic E-state index is 0.178. The van der Waals surface area contributed by atoms with Crippen molar-refractivity contribution in [2.75, 3.05) is 18.0 Å². The highest BCUT2D eigenvalue weighted by Gasteiger charge is 2.27. The van der Waals surface area contributed by atoms with Gasteiger partial charge in [-0.15, -0.1) is 0 Å². The van der Waals surface area contributed by atoms with Crippen LogP contribution in [0.15, 0.2) is 12.3 Å². The van der Waals surface area contributed by atoms with Crippen molar-refractivity contribution in [3.8, 4) is 0 Å². The first-order valence-electron chi connectivity index (χ1n) is 6.73. The fraction of sp³-hybridized carbons (Fsp3) is 0.643. The molecule has 5 heteroatoms. The molecule has 2 rings (SSSR count). The minimum Gasteiger partial charge on any atom is -0.393 e. The molecule has 1 aromatic heterocycles. The molecule has 0 aliphatic carbocycles. The molecular weight excluding hydrogens is 375 g/mol. The van der Waals surface area contributed by atoms with Crippen molar-refractivity contribution in [1.29, 1.82) is 0 Å². The van der Waals surface area contributed by atoms with Gasteiger partial charge in [-0.05, 0) is 53.3 Å². The molecule has 1 fully saturated rings. The van der Waals surface area contributed by atoms with Crippen molar-refractivity contribution in [1.82, 2.24) is 4.98 Å². The summed E-state index contributed by atoms with van der Waals surface area (Å²) in [6.45, 7) is 6.13. The normalized spacial score (nSPS) is 18.9. The zero-order valence-electron chi connectivity index (χ0n) is 11.3. The number of rotatable bonds is 3. The van der Waals surface area contributed by atoms with Crippen LogP contribution in [0, 0.1) is 15.4 Å². The van der Waals surface area contributed by atoms with Gasteiger partial charge in [-0.25, -0.2) is 4.98 Å². The molecule has 0 bridgehead atoms. The van der Waals surface area contributed by atoms with Crippen LogP contribution < -0.4 is 4.90 Å². The van der Waals surface area contributed by atoms with Gasteiger partial charge in [-0.3, -0.25) is 0 Å². The lowest BCUT2D eigenvalue weighted by Crippen LogP contribution is -2.39. The van der Waals surface area contributed by atoms with Crippen LogP contribution in [0.25, 0.3) is 0 Å². The van der Waals surface area contributed by atoms with E-state index in [0.29, 0.717) is 17.0 Å². The highest BCUT2D eigenvalue weighted by molar-refractivity contribution is 14.1. The van der Waals surface area contributed by atoms with Gasteiger partial charge in [0.25, 0.3) is 0 Å². The Balaban J connectivity index is 2.02. The first-order valence-corrected chi connectivity index (χ1v) is 8.18. The highest BCUT2D eigenvalue weighted by atomic mass is 127. The first kappa shape index (κ1) is 15.3. The van der Waals surface area contributed by atoms with Gasteiger partial charge in [0.05, 0.1) is 15.4 Å². The number of nitrogens with zero attached hydrogens (tertiary/aromatic N) is 2. The van der Waals surface area contributed by atoms with E-state index in [1.807, 2.05) is 12.3 Å². The highest BCUT2D eigenvalue weighted by Crippen LogP contribution is 2.31. The third-order valence-corrected chi connectivity index (χ3v) is 4.89. The maximum absolute atomic E-state index is 10.2. The molecule has 3 nitrogen and oxygen atoms in total. The van der Waals surface area contributed by atoms with Crippen LogP contribution in [0.3, 0.4) is 0 Å². The van der Waals surface area contributed by atoms with E-state index in [2.05, 4.69) is 46.3 Å². The van der Waals surface area contributed by atoms with Gasteiger partial charge < -0.3 is 10.0 Å². The molecule has 1 atom stereocenters. The van der Waals surface area contributed by atoms with Gasteiger partial charge in [0.1, 0.15) is 5.15 Å². The van der Waals surface area contributed by atoms with Crippen LogP contribution in [0.4, 0.5) is 5.69 Å². The summed E-state index contributed by atoms with van der Waals surface area (Å²) in [7, 11) is 0. The van der Waals surface area contributed by atoms with Crippen molar-refractivity contribution < 1.29 is 5.11 Å². The second-order valence-corrected chi connectivity index (χ2v) is 7.07. The van der Waals surface area contributed by atoms with Crippen molar-refractivity contribution in [2.24, 2.45) is 11.8 Å². The van der Waals surface area contributed by atoms with Crippen LogP contribution in [-0.2, 0) is 0 Å². The molecule has 0 spiro atoms. The summed E-state index contributed by atoms with van der Waals surface area (Å²) in [6.07, 6.45) is 3.71. The van der Waals surface area contributed by atoms with E-state index in [1.54, 1.807) is 0 Å². The second-order valence-electron chi connectivity index (χ2n) is 5.52. The van der Waals surface area contributed by atoms with E-state index in [9.17, 15) is 5.11 Å². The van der Waals surface area contributed by atoms with Crippen LogP contribution >= 0.6 is 34.2 Å². The number of aliphatic hydroxyl groups excluding tert-OH is 1. The molecule has 2 heterocycles. The van der Waals surface area contributed by atoms with Crippen molar-refractivity contribution in [3.63, 3.8) is 0 Å². The Morgan fingerprint density at radius 1 is 1.42 bits per heavy atom. The Bertz CT molecular complexity index is 433. The molecule has 1 aromatic rings. The molecule has 0 amide bonds.